The SMILES string of the molecule is N=S(=O)(O)c1ccccc1Oc1ccccc1. The van der Waals surface area contributed by atoms with E-state index in [0.717, 1.165) is 0 Å². The minimum absolute atomic E-state index is 0.0242. The van der Waals surface area contributed by atoms with E-state index in [1.165, 1.54) is 6.07 Å². The lowest BCUT2D eigenvalue weighted by atomic mass is 10.3. The van der Waals surface area contributed by atoms with Crippen LogP contribution >= 0.6 is 0 Å². The highest BCUT2D eigenvalue weighted by atomic mass is 32.2. The maximum absolute atomic E-state index is 11.3. The van der Waals surface area contributed by atoms with Gasteiger partial charge in [-0.25, -0.2) is 8.99 Å². The predicted octanol–water partition coefficient (Wildman–Crippen LogP) is 3.36. The van der Waals surface area contributed by atoms with Crippen molar-refractivity contribution in [2.24, 2.45) is 0 Å². The summed E-state index contributed by atoms with van der Waals surface area (Å²) in [6.07, 6.45) is 0. The third-order valence-corrected chi connectivity index (χ3v) is 3.05. The zero-order valence-corrected chi connectivity index (χ0v) is 9.68. The van der Waals surface area contributed by atoms with E-state index < -0.39 is 10.0 Å². The normalized spacial score (nSPS) is 13.9. The molecule has 0 bridgehead atoms. The van der Waals surface area contributed by atoms with Crippen molar-refractivity contribution >= 4 is 10.0 Å². The van der Waals surface area contributed by atoms with E-state index in [2.05, 4.69) is 0 Å². The highest BCUT2D eigenvalue weighted by molar-refractivity contribution is 7.87. The van der Waals surface area contributed by atoms with Crippen molar-refractivity contribution in [2.75, 3.05) is 0 Å². The highest BCUT2D eigenvalue weighted by Crippen LogP contribution is 2.28. The number of para-hydroxylation sites is 2. The second-order valence-electron chi connectivity index (χ2n) is 3.39. The molecule has 0 amide bonds. The molecule has 0 saturated carbocycles. The molecule has 2 aromatic carbocycles. The van der Waals surface area contributed by atoms with Crippen molar-refractivity contribution in [1.29, 1.82) is 4.78 Å². The molecule has 0 spiro atoms. The van der Waals surface area contributed by atoms with Gasteiger partial charge in [0.25, 0.3) is 0 Å². The van der Waals surface area contributed by atoms with Gasteiger partial charge in [-0.3, -0.25) is 4.55 Å². The average molecular weight is 249 g/mol. The summed E-state index contributed by atoms with van der Waals surface area (Å²) in [4.78, 5) is -0.0242. The molecule has 0 fully saturated rings. The number of ether oxygens (including phenoxy) is 1. The van der Waals surface area contributed by atoms with Gasteiger partial charge in [-0.1, -0.05) is 30.3 Å². The van der Waals surface area contributed by atoms with Crippen LogP contribution < -0.4 is 4.74 Å². The molecular formula is C12H11NO3S. The molecule has 1 unspecified atom stereocenters. The second-order valence-corrected chi connectivity index (χ2v) is 4.88. The van der Waals surface area contributed by atoms with E-state index in [0.29, 0.717) is 5.75 Å². The summed E-state index contributed by atoms with van der Waals surface area (Å²) >= 11 is 0. The van der Waals surface area contributed by atoms with Gasteiger partial charge in [0, 0.05) is 0 Å². The molecule has 2 N–H and O–H groups in total. The fraction of sp³-hybridized carbons (Fsp3) is 0. The Bertz CT molecular complexity index is 609. The van der Waals surface area contributed by atoms with Crippen molar-refractivity contribution in [3.63, 3.8) is 0 Å². The van der Waals surface area contributed by atoms with Crippen LogP contribution in [0.4, 0.5) is 0 Å². The monoisotopic (exact) mass is 249 g/mol. The van der Waals surface area contributed by atoms with Crippen LogP contribution in [0.5, 0.6) is 11.5 Å². The third kappa shape index (κ3) is 2.83. The Morgan fingerprint density at radius 3 is 2.24 bits per heavy atom. The van der Waals surface area contributed by atoms with Gasteiger partial charge in [0.1, 0.15) is 16.4 Å². The van der Waals surface area contributed by atoms with Gasteiger partial charge in [-0.2, -0.15) is 0 Å². The Hall–Kier alpha value is -1.85. The van der Waals surface area contributed by atoms with Gasteiger partial charge in [-0.15, -0.1) is 0 Å². The molecule has 1 atom stereocenters. The van der Waals surface area contributed by atoms with Crippen molar-refractivity contribution < 1.29 is 13.5 Å². The Labute approximate surface area is 99.7 Å². The van der Waals surface area contributed by atoms with Gasteiger partial charge in [0.15, 0.2) is 10.0 Å². The molecule has 0 saturated heterocycles. The summed E-state index contributed by atoms with van der Waals surface area (Å²) in [5.74, 6) is 0.782. The number of benzene rings is 2. The lowest BCUT2D eigenvalue weighted by Gasteiger charge is -2.09. The van der Waals surface area contributed by atoms with E-state index in [1.807, 2.05) is 6.07 Å². The number of rotatable bonds is 3. The fourth-order valence-corrected chi connectivity index (χ4v) is 2.02. The summed E-state index contributed by atoms with van der Waals surface area (Å²) in [6, 6.07) is 15.2. The minimum atomic E-state index is -3.78. The molecule has 0 radical (unpaired) electrons. The molecule has 4 nitrogen and oxygen atoms in total. The number of hydrogen-bond donors (Lipinski definition) is 2. The summed E-state index contributed by atoms with van der Waals surface area (Å²) in [5, 5.41) is 0. The summed E-state index contributed by atoms with van der Waals surface area (Å²) in [7, 11) is -3.78. The first-order valence-electron chi connectivity index (χ1n) is 4.90. The minimum Gasteiger partial charge on any atom is -0.456 e. The molecule has 0 aliphatic carbocycles. The van der Waals surface area contributed by atoms with Gasteiger partial charge in [0.2, 0.25) is 0 Å². The van der Waals surface area contributed by atoms with Crippen LogP contribution in [0.3, 0.4) is 0 Å². The van der Waals surface area contributed by atoms with Crippen LogP contribution in [0, 0.1) is 4.78 Å². The van der Waals surface area contributed by atoms with Crippen LogP contribution in [0.2, 0.25) is 0 Å². The van der Waals surface area contributed by atoms with E-state index in [1.54, 1.807) is 42.5 Å². The van der Waals surface area contributed by atoms with Gasteiger partial charge >= 0.3 is 0 Å². The van der Waals surface area contributed by atoms with E-state index >= 15 is 0 Å². The number of hydrogen-bond acceptors (Lipinski definition) is 3. The van der Waals surface area contributed by atoms with E-state index in [9.17, 15) is 8.76 Å². The zero-order chi connectivity index (χ0) is 12.3. The Balaban J connectivity index is 2.41. The van der Waals surface area contributed by atoms with Crippen LogP contribution in [-0.4, -0.2) is 8.76 Å². The van der Waals surface area contributed by atoms with Gasteiger partial charge in [-0.05, 0) is 24.3 Å². The average Bonchev–Trinajstić information content (AvgIpc) is 2.30. The van der Waals surface area contributed by atoms with Gasteiger partial charge in [0.05, 0.1) is 0 Å². The topological polar surface area (TPSA) is 70.4 Å². The standard InChI is InChI=1S/C12H11NO3S/c13-17(14,15)12-9-5-4-8-11(12)16-10-6-2-1-3-7-10/h1-9H,(H2,13,14,15). The summed E-state index contributed by atoms with van der Waals surface area (Å²) in [5.41, 5.74) is 0. The molecule has 5 heteroatoms. The molecule has 2 aromatic rings. The molecule has 17 heavy (non-hydrogen) atoms. The van der Waals surface area contributed by atoms with Gasteiger partial charge < -0.3 is 4.74 Å². The third-order valence-electron chi connectivity index (χ3n) is 2.12. The maximum Gasteiger partial charge on any atom is 0.192 e. The Morgan fingerprint density at radius 1 is 1.00 bits per heavy atom. The van der Waals surface area contributed by atoms with Crippen LogP contribution in [0.1, 0.15) is 0 Å². The first-order chi connectivity index (χ1) is 8.07. The second kappa shape index (κ2) is 4.57. The highest BCUT2D eigenvalue weighted by Gasteiger charge is 2.12. The zero-order valence-electron chi connectivity index (χ0n) is 8.87. The number of nitrogens with one attached hydrogen (secondary N) is 1. The lowest BCUT2D eigenvalue weighted by Crippen LogP contribution is -1.98. The smallest absolute Gasteiger partial charge is 0.192 e. The van der Waals surface area contributed by atoms with Crippen molar-refractivity contribution in [1.82, 2.24) is 0 Å². The van der Waals surface area contributed by atoms with E-state index in [4.69, 9.17) is 9.52 Å². The Kier molecular flexibility index (Phi) is 3.12. The summed E-state index contributed by atoms with van der Waals surface area (Å²) in [6.45, 7) is 0. The first kappa shape index (κ1) is 11.6. The first-order valence-corrected chi connectivity index (χ1v) is 6.42. The molecule has 88 valence electrons. The summed E-state index contributed by atoms with van der Waals surface area (Å²) < 4.78 is 33.3. The van der Waals surface area contributed by atoms with Crippen LogP contribution in [0.15, 0.2) is 59.5 Å². The van der Waals surface area contributed by atoms with Crippen molar-refractivity contribution in [3.05, 3.63) is 54.6 Å². The quantitative estimate of drug-likeness (QED) is 0.876. The lowest BCUT2D eigenvalue weighted by molar-refractivity contribution is 0.464. The molecule has 2 rings (SSSR count). The molecular weight excluding hydrogens is 238 g/mol. The molecule has 0 aromatic heterocycles. The van der Waals surface area contributed by atoms with E-state index in [-0.39, 0.29) is 10.6 Å². The van der Waals surface area contributed by atoms with Crippen molar-refractivity contribution in [3.8, 4) is 11.5 Å². The molecule has 0 heterocycles. The maximum atomic E-state index is 11.3. The largest absolute Gasteiger partial charge is 0.456 e. The van der Waals surface area contributed by atoms with Crippen LogP contribution in [0.25, 0.3) is 0 Å². The predicted molar refractivity (Wildman–Crippen MR) is 64.7 cm³/mol. The van der Waals surface area contributed by atoms with Crippen molar-refractivity contribution in [2.45, 2.75) is 4.90 Å². The Morgan fingerprint density at radius 2 is 1.59 bits per heavy atom. The molecule has 0 aliphatic rings. The molecule has 0 aliphatic heterocycles. The van der Waals surface area contributed by atoms with Crippen LogP contribution in [-0.2, 0) is 10.0 Å². The fourth-order valence-electron chi connectivity index (χ4n) is 1.38.